The van der Waals surface area contributed by atoms with E-state index in [2.05, 4.69) is 20.9 Å². The van der Waals surface area contributed by atoms with Crippen molar-refractivity contribution in [3.63, 3.8) is 0 Å². The Hall–Kier alpha value is -3.29. The van der Waals surface area contributed by atoms with E-state index in [0.29, 0.717) is 56.5 Å². The summed E-state index contributed by atoms with van der Waals surface area (Å²) in [6.07, 6.45) is 3.29. The number of halogens is 1. The van der Waals surface area contributed by atoms with Gasteiger partial charge >= 0.3 is 0 Å². The summed E-state index contributed by atoms with van der Waals surface area (Å²) in [6, 6.07) is 12.4. The van der Waals surface area contributed by atoms with Crippen molar-refractivity contribution in [2.75, 3.05) is 38.2 Å². The molecule has 0 radical (unpaired) electrons. The van der Waals surface area contributed by atoms with Crippen LogP contribution in [-0.2, 0) is 11.2 Å². The van der Waals surface area contributed by atoms with Crippen molar-refractivity contribution in [3.8, 4) is 11.5 Å². The van der Waals surface area contributed by atoms with E-state index in [4.69, 9.17) is 9.47 Å². The van der Waals surface area contributed by atoms with Crippen LogP contribution >= 0.6 is 0 Å². The highest BCUT2D eigenvalue weighted by atomic mass is 19.1. The highest BCUT2D eigenvalue weighted by Crippen LogP contribution is 2.32. The molecule has 0 aromatic heterocycles. The van der Waals surface area contributed by atoms with Gasteiger partial charge in [0.05, 0.1) is 13.2 Å². The topological polar surface area (TPSA) is 84.0 Å². The van der Waals surface area contributed by atoms with Crippen molar-refractivity contribution in [3.05, 3.63) is 53.8 Å². The van der Waals surface area contributed by atoms with Crippen molar-refractivity contribution >= 4 is 17.6 Å². The van der Waals surface area contributed by atoms with E-state index in [9.17, 15) is 9.18 Å². The summed E-state index contributed by atoms with van der Waals surface area (Å²) < 4.78 is 25.4. The van der Waals surface area contributed by atoms with Crippen molar-refractivity contribution in [2.45, 2.75) is 25.7 Å². The molecule has 0 bridgehead atoms. The first-order chi connectivity index (χ1) is 15.7. The lowest BCUT2D eigenvalue weighted by molar-refractivity contribution is -0.122. The number of amides is 1. The summed E-state index contributed by atoms with van der Waals surface area (Å²) in [6.45, 7) is 2.68. The fourth-order valence-corrected chi connectivity index (χ4v) is 3.36. The highest BCUT2D eigenvalue weighted by Gasteiger charge is 2.29. The quantitative estimate of drug-likeness (QED) is 0.334. The molecule has 2 aromatic rings. The van der Waals surface area contributed by atoms with Gasteiger partial charge in [-0.3, -0.25) is 9.79 Å². The zero-order chi connectivity index (χ0) is 22.2. The van der Waals surface area contributed by atoms with E-state index in [1.807, 2.05) is 24.3 Å². The molecular weight excluding hydrogens is 411 g/mol. The SMILES string of the molecule is O=C(NCCNC(=NCCc1ccccc1F)Nc1ccc2c(c1)OCCCO2)C1CC1. The number of anilines is 1. The summed E-state index contributed by atoms with van der Waals surface area (Å²) in [5, 5.41) is 9.44. The van der Waals surface area contributed by atoms with Gasteiger partial charge in [0.25, 0.3) is 0 Å². The van der Waals surface area contributed by atoms with Crippen molar-refractivity contribution < 1.29 is 18.7 Å². The highest BCUT2D eigenvalue weighted by molar-refractivity contribution is 5.94. The Morgan fingerprint density at radius 2 is 1.81 bits per heavy atom. The smallest absolute Gasteiger partial charge is 0.223 e. The average Bonchev–Trinajstić information content (AvgIpc) is 3.65. The van der Waals surface area contributed by atoms with Crippen LogP contribution < -0.4 is 25.4 Å². The van der Waals surface area contributed by atoms with Crippen LogP contribution in [0.5, 0.6) is 11.5 Å². The molecule has 1 fully saturated rings. The largest absolute Gasteiger partial charge is 0.490 e. The van der Waals surface area contributed by atoms with Crippen LogP contribution in [-0.4, -0.2) is 44.7 Å². The molecule has 1 aliphatic heterocycles. The number of rotatable bonds is 8. The molecule has 0 saturated heterocycles. The summed E-state index contributed by atoms with van der Waals surface area (Å²) in [5.41, 5.74) is 1.43. The van der Waals surface area contributed by atoms with E-state index >= 15 is 0 Å². The van der Waals surface area contributed by atoms with E-state index in [-0.39, 0.29) is 17.6 Å². The monoisotopic (exact) mass is 440 g/mol. The van der Waals surface area contributed by atoms with Crippen LogP contribution in [0, 0.1) is 11.7 Å². The van der Waals surface area contributed by atoms with Gasteiger partial charge in [0.1, 0.15) is 5.82 Å². The number of nitrogens with zero attached hydrogens (tertiary/aromatic N) is 1. The number of nitrogens with one attached hydrogen (secondary N) is 3. The molecule has 1 aliphatic carbocycles. The fourth-order valence-electron chi connectivity index (χ4n) is 3.36. The lowest BCUT2D eigenvalue weighted by Gasteiger charge is -2.15. The lowest BCUT2D eigenvalue weighted by atomic mass is 10.1. The van der Waals surface area contributed by atoms with Crippen LogP contribution in [0.4, 0.5) is 10.1 Å². The predicted molar refractivity (Wildman–Crippen MR) is 122 cm³/mol. The molecule has 2 aromatic carbocycles. The molecule has 4 rings (SSSR count). The second-order valence-electron chi connectivity index (χ2n) is 7.90. The first-order valence-electron chi connectivity index (χ1n) is 11.1. The Labute approximate surface area is 187 Å². The summed E-state index contributed by atoms with van der Waals surface area (Å²) >= 11 is 0. The maximum Gasteiger partial charge on any atom is 0.223 e. The van der Waals surface area contributed by atoms with Gasteiger partial charge in [0, 0.05) is 43.7 Å². The second kappa shape index (κ2) is 10.8. The first-order valence-corrected chi connectivity index (χ1v) is 11.1. The third kappa shape index (κ3) is 6.35. The molecule has 2 aliphatic rings. The van der Waals surface area contributed by atoms with Crippen LogP contribution in [0.2, 0.25) is 0 Å². The minimum atomic E-state index is -0.226. The Kier molecular flexibility index (Phi) is 7.42. The molecule has 1 heterocycles. The third-order valence-electron chi connectivity index (χ3n) is 5.28. The van der Waals surface area contributed by atoms with Crippen LogP contribution in [0.1, 0.15) is 24.8 Å². The summed E-state index contributed by atoms with van der Waals surface area (Å²) in [7, 11) is 0. The van der Waals surface area contributed by atoms with Gasteiger partial charge in [-0.1, -0.05) is 18.2 Å². The standard InChI is InChI=1S/C24H29FN4O3/c25-20-5-2-1-4-17(20)10-11-27-24(28-13-12-26-23(30)18-6-7-18)29-19-8-9-21-22(16-19)32-15-3-14-31-21/h1-2,4-5,8-9,16,18H,3,6-7,10-15H2,(H,26,30)(H2,27,28,29). The molecule has 0 spiro atoms. The van der Waals surface area contributed by atoms with Gasteiger partial charge < -0.3 is 25.4 Å². The molecular formula is C24H29FN4O3. The zero-order valence-electron chi connectivity index (χ0n) is 18.0. The Balaban J connectivity index is 1.38. The van der Waals surface area contributed by atoms with Crippen LogP contribution in [0.25, 0.3) is 0 Å². The van der Waals surface area contributed by atoms with Crippen molar-refractivity contribution in [2.24, 2.45) is 10.9 Å². The Morgan fingerprint density at radius 3 is 2.62 bits per heavy atom. The fraction of sp³-hybridized carbons (Fsp3) is 0.417. The Bertz CT molecular complexity index is 962. The van der Waals surface area contributed by atoms with Gasteiger partial charge in [-0.15, -0.1) is 0 Å². The molecule has 1 saturated carbocycles. The number of carbonyl (C=O) groups excluding carboxylic acids is 1. The first kappa shape index (κ1) is 21.9. The van der Waals surface area contributed by atoms with Gasteiger partial charge in [-0.05, 0) is 43.0 Å². The molecule has 0 atom stereocenters. The van der Waals surface area contributed by atoms with Gasteiger partial charge in [0.15, 0.2) is 17.5 Å². The van der Waals surface area contributed by atoms with E-state index < -0.39 is 0 Å². The van der Waals surface area contributed by atoms with Crippen LogP contribution in [0.15, 0.2) is 47.5 Å². The third-order valence-corrected chi connectivity index (χ3v) is 5.28. The number of benzene rings is 2. The number of carbonyl (C=O) groups is 1. The van der Waals surface area contributed by atoms with E-state index in [1.165, 1.54) is 6.07 Å². The minimum Gasteiger partial charge on any atom is -0.490 e. The summed E-state index contributed by atoms with van der Waals surface area (Å²) in [4.78, 5) is 16.4. The number of hydrogen-bond donors (Lipinski definition) is 3. The Morgan fingerprint density at radius 1 is 1.03 bits per heavy atom. The second-order valence-corrected chi connectivity index (χ2v) is 7.90. The molecule has 170 valence electrons. The number of hydrogen-bond acceptors (Lipinski definition) is 4. The number of guanidine groups is 1. The van der Waals surface area contributed by atoms with Crippen molar-refractivity contribution in [1.82, 2.24) is 10.6 Å². The maximum absolute atomic E-state index is 13.9. The number of ether oxygens (including phenoxy) is 2. The molecule has 0 unspecified atom stereocenters. The number of aliphatic imine (C=N–C) groups is 1. The minimum absolute atomic E-state index is 0.112. The van der Waals surface area contributed by atoms with Gasteiger partial charge in [0.2, 0.25) is 5.91 Å². The van der Waals surface area contributed by atoms with E-state index in [1.54, 1.807) is 12.1 Å². The molecule has 1 amide bonds. The van der Waals surface area contributed by atoms with Gasteiger partial charge in [-0.25, -0.2) is 4.39 Å². The van der Waals surface area contributed by atoms with Gasteiger partial charge in [-0.2, -0.15) is 0 Å². The normalized spacial score (nSPS) is 15.6. The van der Waals surface area contributed by atoms with Crippen LogP contribution in [0.3, 0.4) is 0 Å². The average molecular weight is 441 g/mol. The molecule has 3 N–H and O–H groups in total. The van der Waals surface area contributed by atoms with E-state index in [0.717, 1.165) is 30.7 Å². The number of fused-ring (bicyclic) bond motifs is 1. The summed E-state index contributed by atoms with van der Waals surface area (Å²) in [5.74, 6) is 2.04. The maximum atomic E-state index is 13.9. The van der Waals surface area contributed by atoms with Crippen molar-refractivity contribution in [1.29, 1.82) is 0 Å². The zero-order valence-corrected chi connectivity index (χ0v) is 18.0. The lowest BCUT2D eigenvalue weighted by Crippen LogP contribution is -2.38. The molecule has 7 nitrogen and oxygen atoms in total. The molecule has 8 heteroatoms. The predicted octanol–water partition coefficient (Wildman–Crippen LogP) is 3.11. The molecule has 32 heavy (non-hydrogen) atoms.